The molecule has 3 nitrogen and oxygen atoms in total. The second kappa shape index (κ2) is 9.33. The number of benzene rings is 4. The van der Waals surface area contributed by atoms with E-state index in [1.807, 2.05) is 77.5 Å². The van der Waals surface area contributed by atoms with E-state index in [0.29, 0.717) is 5.84 Å². The van der Waals surface area contributed by atoms with Gasteiger partial charge in [-0.25, -0.2) is 0 Å². The average molecular weight is 427 g/mol. The minimum absolute atomic E-state index is 0.461. The van der Waals surface area contributed by atoms with Crippen molar-refractivity contribution in [1.29, 1.82) is 0 Å². The number of amidine groups is 1. The monoisotopic (exact) mass is 426 g/mol. The molecule has 0 saturated heterocycles. The third-order valence-electron chi connectivity index (χ3n) is 5.56. The molecule has 0 bridgehead atoms. The largest absolute Gasteiger partial charge is 0.378 e. The van der Waals surface area contributed by atoms with Crippen molar-refractivity contribution in [2.75, 3.05) is 0 Å². The predicted octanol–water partition coefficient (Wildman–Crippen LogP) is 6.14. The highest BCUT2D eigenvalue weighted by atomic mass is 15.4. The molecule has 4 aromatic carbocycles. The molecule has 0 aliphatic carbocycles. The molecule has 3 heteroatoms. The van der Waals surface area contributed by atoms with Crippen molar-refractivity contribution in [2.24, 2.45) is 10.8 Å². The molecule has 0 fully saturated rings. The van der Waals surface area contributed by atoms with Crippen LogP contribution >= 0.6 is 0 Å². The molecule has 5 rings (SSSR count). The maximum absolute atomic E-state index is 6.50. The Kier molecular flexibility index (Phi) is 5.77. The van der Waals surface area contributed by atoms with Gasteiger partial charge in [0.2, 0.25) is 11.4 Å². The SMILES string of the molecule is N/C(=N/[n+]1c(-c2ccccc2)cc(-c2ccccc2)cc1-c1ccccc1)c1ccccc1. The van der Waals surface area contributed by atoms with E-state index >= 15 is 0 Å². The molecule has 0 aliphatic heterocycles. The fourth-order valence-corrected chi connectivity index (χ4v) is 3.90. The Hall–Kier alpha value is -4.50. The lowest BCUT2D eigenvalue weighted by atomic mass is 10.00. The fourth-order valence-electron chi connectivity index (χ4n) is 3.90. The van der Waals surface area contributed by atoms with Gasteiger partial charge in [0.15, 0.2) is 5.84 Å². The molecule has 0 radical (unpaired) electrons. The van der Waals surface area contributed by atoms with Gasteiger partial charge in [0.05, 0.1) is 0 Å². The lowest BCUT2D eigenvalue weighted by Crippen LogP contribution is -2.37. The molecule has 2 N–H and O–H groups in total. The summed E-state index contributed by atoms with van der Waals surface area (Å²) < 4.78 is 1.96. The zero-order chi connectivity index (χ0) is 22.5. The molecule has 5 aromatic rings. The van der Waals surface area contributed by atoms with Crippen LogP contribution < -0.4 is 10.4 Å². The third kappa shape index (κ3) is 4.43. The maximum atomic E-state index is 6.50. The van der Waals surface area contributed by atoms with Gasteiger partial charge < -0.3 is 5.73 Å². The Labute approximate surface area is 194 Å². The second-order valence-corrected chi connectivity index (χ2v) is 7.78. The smallest absolute Gasteiger partial charge is 0.246 e. The highest BCUT2D eigenvalue weighted by Gasteiger charge is 2.24. The standard InChI is InChI=1S/C30H24N3/c31-30(26-19-11-4-12-20-26)32-33-28(24-15-7-2-8-16-24)21-27(23-13-5-1-6-14-23)22-29(33)25-17-9-3-10-18-25/h1-22H,(H2,31,32)/q+1. The van der Waals surface area contributed by atoms with Crippen molar-refractivity contribution in [3.8, 4) is 33.6 Å². The van der Waals surface area contributed by atoms with Crippen LogP contribution in [0, 0.1) is 0 Å². The number of pyridine rings is 1. The molecule has 0 spiro atoms. The van der Waals surface area contributed by atoms with Gasteiger partial charge in [-0.2, -0.15) is 0 Å². The lowest BCUT2D eigenvalue weighted by molar-refractivity contribution is -0.656. The quantitative estimate of drug-likeness (QED) is 0.205. The summed E-state index contributed by atoms with van der Waals surface area (Å²) in [6.45, 7) is 0. The average Bonchev–Trinajstić information content (AvgIpc) is 2.90. The van der Waals surface area contributed by atoms with E-state index in [0.717, 1.165) is 39.2 Å². The van der Waals surface area contributed by atoms with E-state index in [2.05, 4.69) is 60.7 Å². The van der Waals surface area contributed by atoms with Crippen LogP contribution in [0.3, 0.4) is 0 Å². The normalized spacial score (nSPS) is 11.3. The number of hydrogen-bond donors (Lipinski definition) is 1. The maximum Gasteiger partial charge on any atom is 0.246 e. The van der Waals surface area contributed by atoms with Crippen molar-refractivity contribution in [3.05, 3.63) is 139 Å². The van der Waals surface area contributed by atoms with Crippen molar-refractivity contribution < 1.29 is 4.68 Å². The number of nitrogens with two attached hydrogens (primary N) is 1. The first-order chi connectivity index (χ1) is 16.3. The Morgan fingerprint density at radius 2 is 0.879 bits per heavy atom. The number of rotatable bonds is 5. The molecule has 0 aliphatic rings. The van der Waals surface area contributed by atoms with Crippen molar-refractivity contribution in [2.45, 2.75) is 0 Å². The number of nitrogens with zero attached hydrogens (tertiary/aromatic N) is 2. The number of aromatic nitrogens is 1. The Morgan fingerprint density at radius 1 is 0.485 bits per heavy atom. The first-order valence-corrected chi connectivity index (χ1v) is 11.0. The molecule has 0 saturated carbocycles. The number of hydrogen-bond acceptors (Lipinski definition) is 1. The summed E-state index contributed by atoms with van der Waals surface area (Å²) in [7, 11) is 0. The summed E-state index contributed by atoms with van der Waals surface area (Å²) in [5, 5.41) is 4.93. The highest BCUT2D eigenvalue weighted by molar-refractivity contribution is 5.97. The summed E-state index contributed by atoms with van der Waals surface area (Å²) in [6.07, 6.45) is 0. The van der Waals surface area contributed by atoms with Crippen LogP contribution in [-0.2, 0) is 0 Å². The van der Waals surface area contributed by atoms with Crippen molar-refractivity contribution in [1.82, 2.24) is 0 Å². The molecular formula is C30H24N3+. The Morgan fingerprint density at radius 3 is 1.33 bits per heavy atom. The molecule has 158 valence electrons. The van der Waals surface area contributed by atoms with Gasteiger partial charge in [0.1, 0.15) is 0 Å². The minimum Gasteiger partial charge on any atom is -0.378 e. The van der Waals surface area contributed by atoms with Crippen LogP contribution in [0.5, 0.6) is 0 Å². The summed E-state index contributed by atoms with van der Waals surface area (Å²) in [5.41, 5.74) is 13.7. The second-order valence-electron chi connectivity index (χ2n) is 7.78. The van der Waals surface area contributed by atoms with Crippen molar-refractivity contribution in [3.63, 3.8) is 0 Å². The van der Waals surface area contributed by atoms with Gasteiger partial charge in [-0.15, -0.1) is 0 Å². The van der Waals surface area contributed by atoms with E-state index in [1.165, 1.54) is 0 Å². The molecular weight excluding hydrogens is 402 g/mol. The molecule has 1 aromatic heterocycles. The molecule has 0 unspecified atom stereocenters. The van der Waals surface area contributed by atoms with E-state index in [-0.39, 0.29) is 0 Å². The third-order valence-corrected chi connectivity index (χ3v) is 5.56. The van der Waals surface area contributed by atoms with Crippen LogP contribution in [0.4, 0.5) is 0 Å². The van der Waals surface area contributed by atoms with Gasteiger partial charge in [-0.1, -0.05) is 97.1 Å². The summed E-state index contributed by atoms with van der Waals surface area (Å²) in [4.78, 5) is 0. The minimum atomic E-state index is 0.461. The molecule has 0 amide bonds. The Bertz CT molecular complexity index is 1320. The van der Waals surface area contributed by atoms with E-state index in [1.54, 1.807) is 0 Å². The molecule has 0 atom stereocenters. The zero-order valence-electron chi connectivity index (χ0n) is 18.2. The lowest BCUT2D eigenvalue weighted by Gasteiger charge is -2.09. The fraction of sp³-hybridized carbons (Fsp3) is 0. The van der Waals surface area contributed by atoms with E-state index in [9.17, 15) is 0 Å². The van der Waals surface area contributed by atoms with Gasteiger partial charge in [0.25, 0.3) is 0 Å². The van der Waals surface area contributed by atoms with Crippen molar-refractivity contribution >= 4 is 5.84 Å². The first kappa shape index (κ1) is 20.4. The van der Waals surface area contributed by atoms with Gasteiger partial charge in [0, 0.05) is 33.9 Å². The molecule has 33 heavy (non-hydrogen) atoms. The summed E-state index contributed by atoms with van der Waals surface area (Å²) >= 11 is 0. The van der Waals surface area contributed by atoms with Crippen LogP contribution in [0.25, 0.3) is 33.6 Å². The molecule has 1 heterocycles. The van der Waals surface area contributed by atoms with Crippen LogP contribution in [0.1, 0.15) is 5.56 Å². The highest BCUT2D eigenvalue weighted by Crippen LogP contribution is 2.29. The topological polar surface area (TPSA) is 42.3 Å². The van der Waals surface area contributed by atoms with E-state index in [4.69, 9.17) is 10.8 Å². The van der Waals surface area contributed by atoms with E-state index < -0.39 is 0 Å². The van der Waals surface area contributed by atoms with Gasteiger partial charge in [-0.3, -0.25) is 0 Å². The van der Waals surface area contributed by atoms with Crippen LogP contribution in [0.2, 0.25) is 0 Å². The summed E-state index contributed by atoms with van der Waals surface area (Å²) in [6, 6.07) is 45.3. The first-order valence-electron chi connectivity index (χ1n) is 11.0. The van der Waals surface area contributed by atoms with Crippen LogP contribution in [0.15, 0.2) is 139 Å². The van der Waals surface area contributed by atoms with Crippen LogP contribution in [-0.4, -0.2) is 5.84 Å². The zero-order valence-corrected chi connectivity index (χ0v) is 18.2. The predicted molar refractivity (Wildman–Crippen MR) is 136 cm³/mol. The van der Waals surface area contributed by atoms with Gasteiger partial charge >= 0.3 is 0 Å². The van der Waals surface area contributed by atoms with Gasteiger partial charge in [-0.05, 0) is 40.1 Å². The summed E-state index contributed by atoms with van der Waals surface area (Å²) in [5.74, 6) is 0.461. The Balaban J connectivity index is 1.82.